The first-order valence-electron chi connectivity index (χ1n) is 7.22. The van der Waals surface area contributed by atoms with E-state index < -0.39 is 0 Å². The number of hydrogen-bond donors (Lipinski definition) is 2. The van der Waals surface area contributed by atoms with Gasteiger partial charge in [-0.2, -0.15) is 5.10 Å². The second-order valence-electron chi connectivity index (χ2n) is 5.06. The summed E-state index contributed by atoms with van der Waals surface area (Å²) in [4.78, 5) is 18.2. The summed E-state index contributed by atoms with van der Waals surface area (Å²) in [7, 11) is 0. The number of nitrogens with zero attached hydrogens (tertiary/aromatic N) is 3. The van der Waals surface area contributed by atoms with Crippen molar-refractivity contribution in [2.45, 2.75) is 20.0 Å². The Kier molecular flexibility index (Phi) is 4.68. The van der Waals surface area contributed by atoms with Crippen LogP contribution in [-0.4, -0.2) is 20.8 Å². The zero-order chi connectivity index (χ0) is 16.1. The SMILES string of the molecule is Cc1ccc(CNC(=O)NCc2cccc(-n3cncn3)c2)s1. The van der Waals surface area contributed by atoms with Gasteiger partial charge >= 0.3 is 6.03 Å². The van der Waals surface area contributed by atoms with Crippen molar-refractivity contribution in [2.75, 3.05) is 0 Å². The van der Waals surface area contributed by atoms with Gasteiger partial charge in [0.1, 0.15) is 12.7 Å². The molecule has 0 saturated heterocycles. The lowest BCUT2D eigenvalue weighted by Crippen LogP contribution is -2.34. The molecule has 0 aliphatic rings. The Balaban J connectivity index is 1.52. The normalized spacial score (nSPS) is 10.5. The fourth-order valence-corrected chi connectivity index (χ4v) is 2.97. The summed E-state index contributed by atoms with van der Waals surface area (Å²) in [5.41, 5.74) is 1.91. The predicted molar refractivity (Wildman–Crippen MR) is 89.5 cm³/mol. The third kappa shape index (κ3) is 4.17. The van der Waals surface area contributed by atoms with Gasteiger partial charge in [0, 0.05) is 16.3 Å². The lowest BCUT2D eigenvalue weighted by Gasteiger charge is -2.08. The molecule has 0 spiro atoms. The van der Waals surface area contributed by atoms with Crippen molar-refractivity contribution in [3.8, 4) is 5.69 Å². The van der Waals surface area contributed by atoms with Gasteiger partial charge in [0.05, 0.1) is 12.2 Å². The van der Waals surface area contributed by atoms with Crippen molar-refractivity contribution in [3.05, 3.63) is 64.4 Å². The molecule has 0 atom stereocenters. The number of carbonyl (C=O) groups is 1. The van der Waals surface area contributed by atoms with E-state index in [2.05, 4.69) is 33.7 Å². The van der Waals surface area contributed by atoms with Crippen molar-refractivity contribution in [2.24, 2.45) is 0 Å². The summed E-state index contributed by atoms with van der Waals surface area (Å²) in [6, 6.07) is 11.7. The van der Waals surface area contributed by atoms with Crippen molar-refractivity contribution >= 4 is 17.4 Å². The van der Waals surface area contributed by atoms with Gasteiger partial charge < -0.3 is 10.6 Å². The van der Waals surface area contributed by atoms with Gasteiger partial charge in [-0.1, -0.05) is 12.1 Å². The summed E-state index contributed by atoms with van der Waals surface area (Å²) in [6.45, 7) is 3.05. The lowest BCUT2D eigenvalue weighted by molar-refractivity contribution is 0.240. The predicted octanol–water partition coefficient (Wildman–Crippen LogP) is 2.64. The van der Waals surface area contributed by atoms with Crippen LogP contribution in [0, 0.1) is 6.92 Å². The Morgan fingerprint density at radius 3 is 2.83 bits per heavy atom. The minimum absolute atomic E-state index is 0.179. The minimum Gasteiger partial charge on any atom is -0.334 e. The molecule has 0 unspecified atom stereocenters. The number of nitrogens with one attached hydrogen (secondary N) is 2. The molecule has 118 valence electrons. The van der Waals surface area contributed by atoms with Crippen LogP contribution in [-0.2, 0) is 13.1 Å². The van der Waals surface area contributed by atoms with Crippen LogP contribution in [0.2, 0.25) is 0 Å². The van der Waals surface area contributed by atoms with Crippen molar-refractivity contribution in [1.82, 2.24) is 25.4 Å². The van der Waals surface area contributed by atoms with Gasteiger partial charge in [-0.15, -0.1) is 11.3 Å². The van der Waals surface area contributed by atoms with E-state index in [0.29, 0.717) is 13.1 Å². The fraction of sp³-hybridized carbons (Fsp3) is 0.188. The fourth-order valence-electron chi connectivity index (χ4n) is 2.14. The molecule has 0 radical (unpaired) electrons. The molecule has 0 fully saturated rings. The molecular formula is C16H17N5OS. The number of aryl methyl sites for hydroxylation is 1. The molecule has 0 aliphatic carbocycles. The Hall–Kier alpha value is -2.67. The maximum atomic E-state index is 11.9. The molecule has 23 heavy (non-hydrogen) atoms. The highest BCUT2D eigenvalue weighted by atomic mass is 32.1. The summed E-state index contributed by atoms with van der Waals surface area (Å²) < 4.78 is 1.68. The molecule has 0 aliphatic heterocycles. The van der Waals surface area contributed by atoms with Crippen LogP contribution in [0.15, 0.2) is 49.1 Å². The van der Waals surface area contributed by atoms with Crippen LogP contribution in [0.3, 0.4) is 0 Å². The highest BCUT2D eigenvalue weighted by molar-refractivity contribution is 7.11. The highest BCUT2D eigenvalue weighted by Gasteiger charge is 2.03. The molecule has 2 heterocycles. The number of aromatic nitrogens is 3. The molecule has 2 N–H and O–H groups in total. The summed E-state index contributed by atoms with van der Waals surface area (Å²) >= 11 is 1.69. The summed E-state index contributed by atoms with van der Waals surface area (Å²) in [5, 5.41) is 9.81. The number of thiophene rings is 1. The first-order chi connectivity index (χ1) is 11.2. The van der Waals surface area contributed by atoms with Crippen LogP contribution in [0.1, 0.15) is 15.3 Å². The van der Waals surface area contributed by atoms with Gasteiger partial charge in [0.25, 0.3) is 0 Å². The van der Waals surface area contributed by atoms with Crippen LogP contribution in [0.5, 0.6) is 0 Å². The van der Waals surface area contributed by atoms with E-state index in [1.807, 2.05) is 30.3 Å². The number of amides is 2. The molecule has 2 amide bonds. The molecule has 1 aromatic carbocycles. The van der Waals surface area contributed by atoms with E-state index in [1.165, 1.54) is 11.2 Å². The van der Waals surface area contributed by atoms with Gasteiger partial charge in [0.15, 0.2) is 0 Å². The second kappa shape index (κ2) is 7.06. The third-order valence-electron chi connectivity index (χ3n) is 3.27. The van der Waals surface area contributed by atoms with E-state index in [1.54, 1.807) is 22.3 Å². The molecular weight excluding hydrogens is 310 g/mol. The van der Waals surface area contributed by atoms with Crippen molar-refractivity contribution < 1.29 is 4.79 Å². The van der Waals surface area contributed by atoms with Crippen LogP contribution < -0.4 is 10.6 Å². The maximum absolute atomic E-state index is 11.9. The second-order valence-corrected chi connectivity index (χ2v) is 6.43. The number of urea groups is 1. The molecule has 6 nitrogen and oxygen atoms in total. The molecule has 0 bridgehead atoms. The molecule has 3 aromatic rings. The molecule has 0 saturated carbocycles. The first-order valence-corrected chi connectivity index (χ1v) is 8.03. The number of rotatable bonds is 5. The zero-order valence-electron chi connectivity index (χ0n) is 12.7. The minimum atomic E-state index is -0.179. The Morgan fingerprint density at radius 1 is 1.22 bits per heavy atom. The van der Waals surface area contributed by atoms with Crippen LogP contribution in [0.25, 0.3) is 5.69 Å². The van der Waals surface area contributed by atoms with E-state index in [-0.39, 0.29) is 6.03 Å². The molecule has 2 aromatic heterocycles. The molecule has 3 rings (SSSR count). The quantitative estimate of drug-likeness (QED) is 0.757. The average Bonchev–Trinajstić information content (AvgIpc) is 3.23. The monoisotopic (exact) mass is 327 g/mol. The Bertz CT molecular complexity index is 781. The van der Waals surface area contributed by atoms with Crippen LogP contribution >= 0.6 is 11.3 Å². The van der Waals surface area contributed by atoms with E-state index in [4.69, 9.17) is 0 Å². The zero-order valence-corrected chi connectivity index (χ0v) is 13.5. The van der Waals surface area contributed by atoms with Gasteiger partial charge in [-0.05, 0) is 36.8 Å². The summed E-state index contributed by atoms with van der Waals surface area (Å²) in [6.07, 6.45) is 3.13. The van der Waals surface area contributed by atoms with Gasteiger partial charge in [-0.3, -0.25) is 0 Å². The lowest BCUT2D eigenvalue weighted by atomic mass is 10.2. The van der Waals surface area contributed by atoms with E-state index in [0.717, 1.165) is 16.1 Å². The smallest absolute Gasteiger partial charge is 0.315 e. The first kappa shape index (κ1) is 15.2. The summed E-state index contributed by atoms with van der Waals surface area (Å²) in [5.74, 6) is 0. The number of benzene rings is 1. The average molecular weight is 327 g/mol. The topological polar surface area (TPSA) is 71.8 Å². The standard InChI is InChI=1S/C16H17N5OS/c1-12-5-6-15(23-12)9-19-16(22)18-8-13-3-2-4-14(7-13)21-11-17-10-20-21/h2-7,10-11H,8-9H2,1H3,(H2,18,19,22). The molecule has 7 heteroatoms. The maximum Gasteiger partial charge on any atom is 0.315 e. The third-order valence-corrected chi connectivity index (χ3v) is 4.27. The van der Waals surface area contributed by atoms with Crippen molar-refractivity contribution in [3.63, 3.8) is 0 Å². The van der Waals surface area contributed by atoms with Gasteiger partial charge in [-0.25, -0.2) is 14.5 Å². The van der Waals surface area contributed by atoms with Gasteiger partial charge in [0.2, 0.25) is 0 Å². The largest absolute Gasteiger partial charge is 0.334 e. The number of hydrogen-bond acceptors (Lipinski definition) is 4. The number of carbonyl (C=O) groups excluding carboxylic acids is 1. The Morgan fingerprint density at radius 2 is 2.09 bits per heavy atom. The van der Waals surface area contributed by atoms with E-state index >= 15 is 0 Å². The van der Waals surface area contributed by atoms with E-state index in [9.17, 15) is 4.79 Å². The highest BCUT2D eigenvalue weighted by Crippen LogP contribution is 2.14. The van der Waals surface area contributed by atoms with Crippen LogP contribution in [0.4, 0.5) is 4.79 Å². The van der Waals surface area contributed by atoms with Crippen molar-refractivity contribution in [1.29, 1.82) is 0 Å². The Labute approximate surface area is 138 Å².